The lowest BCUT2D eigenvalue weighted by atomic mass is 10.2. The molecular weight excluding hydrogens is 416 g/mol. The lowest BCUT2D eigenvalue weighted by molar-refractivity contribution is -0.124. The molecule has 0 aliphatic rings. The lowest BCUT2D eigenvalue weighted by Gasteiger charge is -2.09. The fourth-order valence-corrected chi connectivity index (χ4v) is 3.00. The number of carbonyl (C=O) groups is 3. The number of hydrogen-bond acceptors (Lipinski definition) is 6. The van der Waals surface area contributed by atoms with Gasteiger partial charge in [0.15, 0.2) is 5.65 Å². The first-order valence-corrected chi connectivity index (χ1v) is 9.94. The van der Waals surface area contributed by atoms with Crippen molar-refractivity contribution < 1.29 is 19.1 Å². The molecule has 0 aliphatic carbocycles. The molecule has 0 saturated heterocycles. The molecule has 11 nitrogen and oxygen atoms in total. The van der Waals surface area contributed by atoms with Crippen LogP contribution in [0.5, 0.6) is 5.75 Å². The number of anilines is 1. The van der Waals surface area contributed by atoms with Gasteiger partial charge < -0.3 is 10.1 Å². The molecule has 1 aromatic carbocycles. The number of aromatic nitrogens is 3. The zero-order valence-electron chi connectivity index (χ0n) is 18.0. The van der Waals surface area contributed by atoms with Crippen molar-refractivity contribution in [2.75, 3.05) is 11.9 Å². The number of carbonyl (C=O) groups excluding carboxylic acids is 3. The van der Waals surface area contributed by atoms with Crippen molar-refractivity contribution in [2.45, 2.75) is 19.8 Å². The molecule has 3 rings (SSSR count). The summed E-state index contributed by atoms with van der Waals surface area (Å²) >= 11 is 0. The van der Waals surface area contributed by atoms with Crippen LogP contribution in [-0.2, 0) is 23.7 Å². The minimum Gasteiger partial charge on any atom is -0.494 e. The monoisotopic (exact) mass is 440 g/mol. The van der Waals surface area contributed by atoms with Crippen LogP contribution >= 0.6 is 0 Å². The van der Waals surface area contributed by atoms with Gasteiger partial charge in [-0.2, -0.15) is 0 Å². The number of benzene rings is 1. The van der Waals surface area contributed by atoms with Crippen LogP contribution in [0.25, 0.3) is 11.2 Å². The predicted molar refractivity (Wildman–Crippen MR) is 117 cm³/mol. The van der Waals surface area contributed by atoms with Crippen molar-refractivity contribution in [3.63, 3.8) is 0 Å². The maximum Gasteiger partial charge on any atom is 0.329 e. The van der Waals surface area contributed by atoms with Crippen molar-refractivity contribution in [2.24, 2.45) is 14.1 Å². The van der Waals surface area contributed by atoms with Gasteiger partial charge in [-0.25, -0.2) is 9.78 Å². The Hall–Kier alpha value is -4.15. The Morgan fingerprint density at radius 1 is 0.938 bits per heavy atom. The number of hydrogen-bond donors (Lipinski definition) is 3. The van der Waals surface area contributed by atoms with E-state index in [1.165, 1.54) is 9.13 Å². The quantitative estimate of drug-likeness (QED) is 0.466. The Morgan fingerprint density at radius 3 is 2.31 bits per heavy atom. The third-order valence-electron chi connectivity index (χ3n) is 4.70. The second kappa shape index (κ2) is 9.77. The number of imidazole rings is 1. The molecular formula is C21H24N6O5. The molecule has 32 heavy (non-hydrogen) atoms. The van der Waals surface area contributed by atoms with Crippen molar-refractivity contribution in [3.8, 4) is 5.75 Å². The van der Waals surface area contributed by atoms with Crippen LogP contribution in [-0.4, -0.2) is 38.4 Å². The molecule has 2 heterocycles. The molecule has 168 valence electrons. The number of hydrazine groups is 1. The molecule has 11 heteroatoms. The summed E-state index contributed by atoms with van der Waals surface area (Å²) in [6, 6.07) is 9.73. The molecule has 2 aromatic heterocycles. The average Bonchev–Trinajstić information content (AvgIpc) is 3.00. The van der Waals surface area contributed by atoms with E-state index >= 15 is 0 Å². The van der Waals surface area contributed by atoms with Gasteiger partial charge >= 0.3 is 5.69 Å². The van der Waals surface area contributed by atoms with Crippen LogP contribution in [0.2, 0.25) is 0 Å². The molecule has 0 radical (unpaired) electrons. The highest BCUT2D eigenvalue weighted by Crippen LogP contribution is 2.14. The van der Waals surface area contributed by atoms with Crippen molar-refractivity contribution in [3.05, 3.63) is 52.4 Å². The van der Waals surface area contributed by atoms with E-state index in [4.69, 9.17) is 4.74 Å². The molecule has 3 aromatic rings. The summed E-state index contributed by atoms with van der Waals surface area (Å²) in [5.74, 6) is -0.522. The van der Waals surface area contributed by atoms with Crippen molar-refractivity contribution >= 4 is 34.7 Å². The van der Waals surface area contributed by atoms with Crippen LogP contribution in [0.3, 0.4) is 0 Å². The first-order chi connectivity index (χ1) is 15.3. The molecule has 0 bridgehead atoms. The van der Waals surface area contributed by atoms with Crippen LogP contribution in [0.4, 0.5) is 5.82 Å². The van der Waals surface area contributed by atoms with Crippen LogP contribution in [0.1, 0.15) is 30.1 Å². The number of amides is 3. The number of aryl methyl sites for hydroxylation is 2. The lowest BCUT2D eigenvalue weighted by Crippen LogP contribution is -2.41. The smallest absolute Gasteiger partial charge is 0.329 e. The number of pyridine rings is 1. The van der Waals surface area contributed by atoms with E-state index in [2.05, 4.69) is 21.2 Å². The predicted octanol–water partition coefficient (Wildman–Crippen LogP) is 0.851. The van der Waals surface area contributed by atoms with Gasteiger partial charge in [-0.3, -0.25) is 34.4 Å². The van der Waals surface area contributed by atoms with E-state index in [-0.39, 0.29) is 24.3 Å². The van der Waals surface area contributed by atoms with Crippen molar-refractivity contribution in [1.29, 1.82) is 0 Å². The largest absolute Gasteiger partial charge is 0.494 e. The topological polar surface area (TPSA) is 136 Å². The first kappa shape index (κ1) is 22.5. The summed E-state index contributed by atoms with van der Waals surface area (Å²) in [6.45, 7) is 2.38. The maximum atomic E-state index is 12.2. The Morgan fingerprint density at radius 2 is 1.62 bits per heavy atom. The minimum atomic E-state index is -0.520. The minimum absolute atomic E-state index is 0.113. The van der Waals surface area contributed by atoms with Crippen LogP contribution in [0, 0.1) is 0 Å². The third kappa shape index (κ3) is 5.12. The Bertz CT molecular complexity index is 1210. The summed E-state index contributed by atoms with van der Waals surface area (Å²) in [4.78, 5) is 52.4. The SMILES string of the molecule is CCOc1ccc(C(=O)NNC(=O)CCC(=O)Nc2ccc3c(n2)n(C)c(=O)n3C)cc1. The highest BCUT2D eigenvalue weighted by molar-refractivity contribution is 5.96. The number of nitrogens with zero attached hydrogens (tertiary/aromatic N) is 3. The molecule has 3 N–H and O–H groups in total. The van der Waals surface area contributed by atoms with E-state index in [1.54, 1.807) is 50.5 Å². The third-order valence-corrected chi connectivity index (χ3v) is 4.70. The fourth-order valence-electron chi connectivity index (χ4n) is 3.00. The summed E-state index contributed by atoms with van der Waals surface area (Å²) in [6.07, 6.45) is -0.250. The fraction of sp³-hybridized carbons (Fsp3) is 0.286. The molecule has 3 amide bonds. The van der Waals surface area contributed by atoms with Gasteiger partial charge in [0.2, 0.25) is 11.8 Å². The summed E-state index contributed by atoms with van der Waals surface area (Å²) in [5, 5.41) is 2.60. The van der Waals surface area contributed by atoms with E-state index in [1.807, 2.05) is 6.92 Å². The van der Waals surface area contributed by atoms with Gasteiger partial charge in [0.1, 0.15) is 11.6 Å². The number of ether oxygens (including phenoxy) is 1. The van der Waals surface area contributed by atoms with Crippen LogP contribution < -0.4 is 26.6 Å². The molecule has 0 spiro atoms. The summed E-state index contributed by atoms with van der Waals surface area (Å²) < 4.78 is 8.15. The van der Waals surface area contributed by atoms with E-state index < -0.39 is 17.7 Å². The number of fused-ring (bicyclic) bond motifs is 1. The van der Waals surface area contributed by atoms with E-state index in [0.717, 1.165) is 0 Å². The highest BCUT2D eigenvalue weighted by Gasteiger charge is 2.13. The van der Waals surface area contributed by atoms with Gasteiger partial charge in [0.25, 0.3) is 5.91 Å². The average molecular weight is 440 g/mol. The Balaban J connectivity index is 1.47. The normalized spacial score (nSPS) is 10.6. The first-order valence-electron chi connectivity index (χ1n) is 9.94. The van der Waals surface area contributed by atoms with Gasteiger partial charge in [-0.1, -0.05) is 0 Å². The highest BCUT2D eigenvalue weighted by atomic mass is 16.5. The number of rotatable bonds is 7. The zero-order chi connectivity index (χ0) is 23.3. The summed E-state index contributed by atoms with van der Waals surface area (Å²) in [7, 11) is 3.23. The van der Waals surface area contributed by atoms with Gasteiger partial charge in [0, 0.05) is 32.5 Å². The van der Waals surface area contributed by atoms with E-state index in [0.29, 0.717) is 29.1 Å². The second-order valence-corrected chi connectivity index (χ2v) is 6.95. The molecule has 0 atom stereocenters. The van der Waals surface area contributed by atoms with Gasteiger partial charge in [0.05, 0.1) is 12.1 Å². The Kier molecular flexibility index (Phi) is 6.88. The molecule has 0 fully saturated rings. The maximum absolute atomic E-state index is 12.2. The number of nitrogens with one attached hydrogen (secondary N) is 3. The Labute approximate surface area is 183 Å². The van der Waals surface area contributed by atoms with Gasteiger partial charge in [-0.15, -0.1) is 0 Å². The van der Waals surface area contributed by atoms with E-state index in [9.17, 15) is 19.2 Å². The van der Waals surface area contributed by atoms with Gasteiger partial charge in [-0.05, 0) is 43.3 Å². The molecule has 0 unspecified atom stereocenters. The summed E-state index contributed by atoms with van der Waals surface area (Å²) in [5.41, 5.74) is 5.77. The zero-order valence-corrected chi connectivity index (χ0v) is 18.0. The second-order valence-electron chi connectivity index (χ2n) is 6.95. The van der Waals surface area contributed by atoms with Crippen molar-refractivity contribution in [1.82, 2.24) is 25.0 Å². The molecule has 0 aliphatic heterocycles. The van der Waals surface area contributed by atoms with Crippen LogP contribution in [0.15, 0.2) is 41.2 Å². The molecule has 0 saturated carbocycles. The standard InChI is InChI=1S/C21H24N6O5/c1-4-32-14-7-5-13(6-8-14)20(30)25-24-18(29)12-11-17(28)22-16-10-9-15-19(23-16)27(3)21(31)26(15)2/h5-10H,4,11-12H2,1-3H3,(H,24,29)(H,25,30)(H,22,23,28).